The Kier molecular flexibility index (Phi) is 4.37. The Morgan fingerprint density at radius 2 is 1.26 bits per heavy atom. The molecule has 0 heterocycles. The van der Waals surface area contributed by atoms with Gasteiger partial charge in [0, 0.05) is 5.56 Å². The standard InChI is InChI=1S/C26H22O/c1-17-8-9-22(14-18(17)2)20-10-12-21(13-11-20)24-15-23-6-4-5-7-25(23)26(16-24)19(3)27/h4-16H,1-3H3. The van der Waals surface area contributed by atoms with Gasteiger partial charge in [-0.1, -0.05) is 66.7 Å². The summed E-state index contributed by atoms with van der Waals surface area (Å²) in [5, 5.41) is 2.11. The van der Waals surface area contributed by atoms with Crippen LogP contribution in [0.3, 0.4) is 0 Å². The van der Waals surface area contributed by atoms with Crippen molar-refractivity contribution in [2.24, 2.45) is 0 Å². The van der Waals surface area contributed by atoms with Gasteiger partial charge >= 0.3 is 0 Å². The highest BCUT2D eigenvalue weighted by molar-refractivity contribution is 6.08. The van der Waals surface area contributed by atoms with E-state index < -0.39 is 0 Å². The molecule has 1 heteroatoms. The van der Waals surface area contributed by atoms with Gasteiger partial charge in [-0.25, -0.2) is 0 Å². The number of benzene rings is 4. The SMILES string of the molecule is CC(=O)c1cc(-c2ccc(-c3ccc(C)c(C)c3)cc2)cc2ccccc12. The van der Waals surface area contributed by atoms with E-state index in [0.717, 1.165) is 27.5 Å². The molecular weight excluding hydrogens is 328 g/mol. The highest BCUT2D eigenvalue weighted by atomic mass is 16.1. The van der Waals surface area contributed by atoms with E-state index in [2.05, 4.69) is 68.4 Å². The molecule has 0 aliphatic heterocycles. The van der Waals surface area contributed by atoms with E-state index >= 15 is 0 Å². The Labute approximate surface area is 160 Å². The molecule has 0 bridgehead atoms. The van der Waals surface area contributed by atoms with Crippen molar-refractivity contribution < 1.29 is 4.79 Å². The van der Waals surface area contributed by atoms with Gasteiger partial charge in [0.05, 0.1) is 0 Å². The van der Waals surface area contributed by atoms with Crippen LogP contribution in [0.2, 0.25) is 0 Å². The quantitative estimate of drug-likeness (QED) is 0.364. The lowest BCUT2D eigenvalue weighted by Crippen LogP contribution is -1.95. The largest absolute Gasteiger partial charge is 0.294 e. The minimum Gasteiger partial charge on any atom is -0.294 e. The van der Waals surface area contributed by atoms with Crippen molar-refractivity contribution >= 4 is 16.6 Å². The summed E-state index contributed by atoms with van der Waals surface area (Å²) >= 11 is 0. The number of carbonyl (C=O) groups excluding carboxylic acids is 1. The van der Waals surface area contributed by atoms with Crippen molar-refractivity contribution in [2.45, 2.75) is 20.8 Å². The maximum atomic E-state index is 12.1. The molecule has 0 radical (unpaired) electrons. The molecule has 0 aromatic heterocycles. The van der Waals surface area contributed by atoms with E-state index in [0.29, 0.717) is 0 Å². The first-order valence-corrected chi connectivity index (χ1v) is 9.25. The summed E-state index contributed by atoms with van der Waals surface area (Å²) in [6.45, 7) is 5.91. The zero-order valence-corrected chi connectivity index (χ0v) is 15.9. The van der Waals surface area contributed by atoms with Crippen LogP contribution in [-0.4, -0.2) is 5.78 Å². The number of rotatable bonds is 3. The van der Waals surface area contributed by atoms with E-state index in [1.165, 1.54) is 22.3 Å². The van der Waals surface area contributed by atoms with Crippen LogP contribution >= 0.6 is 0 Å². The third kappa shape index (κ3) is 3.29. The predicted molar refractivity (Wildman–Crippen MR) is 114 cm³/mol. The first kappa shape index (κ1) is 17.2. The normalized spacial score (nSPS) is 10.9. The molecule has 0 spiro atoms. The van der Waals surface area contributed by atoms with Gasteiger partial charge in [0.15, 0.2) is 5.78 Å². The number of Topliss-reactive ketones (excluding diaryl/α,β-unsaturated/α-hetero) is 1. The fraction of sp³-hybridized carbons (Fsp3) is 0.115. The van der Waals surface area contributed by atoms with Gasteiger partial charge in [-0.05, 0) is 77.1 Å². The Morgan fingerprint density at radius 1 is 0.630 bits per heavy atom. The minimum atomic E-state index is 0.0970. The van der Waals surface area contributed by atoms with Crippen molar-refractivity contribution in [3.8, 4) is 22.3 Å². The summed E-state index contributed by atoms with van der Waals surface area (Å²) in [6.07, 6.45) is 0. The molecular formula is C26H22O. The second-order valence-corrected chi connectivity index (χ2v) is 7.18. The maximum absolute atomic E-state index is 12.1. The number of aryl methyl sites for hydroxylation is 2. The van der Waals surface area contributed by atoms with E-state index in [9.17, 15) is 4.79 Å². The van der Waals surface area contributed by atoms with Gasteiger partial charge in [0.1, 0.15) is 0 Å². The first-order chi connectivity index (χ1) is 13.0. The Morgan fingerprint density at radius 3 is 1.93 bits per heavy atom. The molecule has 0 aliphatic carbocycles. The van der Waals surface area contributed by atoms with Crippen LogP contribution in [0.5, 0.6) is 0 Å². The predicted octanol–water partition coefficient (Wildman–Crippen LogP) is 6.99. The molecule has 4 aromatic carbocycles. The second kappa shape index (κ2) is 6.85. The van der Waals surface area contributed by atoms with Crippen molar-refractivity contribution in [3.63, 3.8) is 0 Å². The fourth-order valence-electron chi connectivity index (χ4n) is 3.54. The zero-order valence-electron chi connectivity index (χ0n) is 15.9. The highest BCUT2D eigenvalue weighted by Gasteiger charge is 2.09. The molecule has 0 aliphatic rings. The summed E-state index contributed by atoms with van der Waals surface area (Å²) in [7, 11) is 0. The third-order valence-electron chi connectivity index (χ3n) is 5.30. The van der Waals surface area contributed by atoms with Gasteiger partial charge in [-0.2, -0.15) is 0 Å². The number of hydrogen-bond acceptors (Lipinski definition) is 1. The number of carbonyl (C=O) groups is 1. The van der Waals surface area contributed by atoms with Gasteiger partial charge in [-0.3, -0.25) is 4.79 Å². The molecule has 132 valence electrons. The minimum absolute atomic E-state index is 0.0970. The lowest BCUT2D eigenvalue weighted by atomic mass is 9.94. The average Bonchev–Trinajstić information content (AvgIpc) is 2.69. The summed E-state index contributed by atoms with van der Waals surface area (Å²) in [5.74, 6) is 0.0970. The van der Waals surface area contributed by atoms with Crippen molar-refractivity contribution in [3.05, 3.63) is 95.6 Å². The maximum Gasteiger partial charge on any atom is 0.160 e. The molecule has 27 heavy (non-hydrogen) atoms. The van der Waals surface area contributed by atoms with E-state index in [1.807, 2.05) is 24.3 Å². The molecule has 0 unspecified atom stereocenters. The van der Waals surface area contributed by atoms with Crippen LogP contribution < -0.4 is 0 Å². The third-order valence-corrected chi connectivity index (χ3v) is 5.30. The first-order valence-electron chi connectivity index (χ1n) is 9.25. The molecule has 0 N–H and O–H groups in total. The van der Waals surface area contributed by atoms with Crippen molar-refractivity contribution in [1.29, 1.82) is 0 Å². The van der Waals surface area contributed by atoms with Crippen LogP contribution in [0.25, 0.3) is 33.0 Å². The van der Waals surface area contributed by atoms with Gasteiger partial charge in [0.2, 0.25) is 0 Å². The molecule has 0 saturated carbocycles. The van der Waals surface area contributed by atoms with Crippen LogP contribution in [-0.2, 0) is 0 Å². The Bertz CT molecular complexity index is 1150. The van der Waals surface area contributed by atoms with Crippen LogP contribution in [0.1, 0.15) is 28.4 Å². The molecule has 4 aromatic rings. The van der Waals surface area contributed by atoms with Crippen LogP contribution in [0, 0.1) is 13.8 Å². The van der Waals surface area contributed by atoms with E-state index in [-0.39, 0.29) is 5.78 Å². The number of hydrogen-bond donors (Lipinski definition) is 0. The Hall–Kier alpha value is -3.19. The van der Waals surface area contributed by atoms with Crippen molar-refractivity contribution in [2.75, 3.05) is 0 Å². The summed E-state index contributed by atoms with van der Waals surface area (Å²) in [6, 6.07) is 27.4. The van der Waals surface area contributed by atoms with Gasteiger partial charge in [-0.15, -0.1) is 0 Å². The lowest BCUT2D eigenvalue weighted by molar-refractivity contribution is 0.101. The topological polar surface area (TPSA) is 17.1 Å². The number of ketones is 1. The molecule has 0 saturated heterocycles. The monoisotopic (exact) mass is 350 g/mol. The molecule has 0 fully saturated rings. The summed E-state index contributed by atoms with van der Waals surface area (Å²) < 4.78 is 0. The lowest BCUT2D eigenvalue weighted by Gasteiger charge is -2.10. The van der Waals surface area contributed by atoms with E-state index in [1.54, 1.807) is 6.92 Å². The van der Waals surface area contributed by atoms with Gasteiger partial charge in [0.25, 0.3) is 0 Å². The Balaban J connectivity index is 1.78. The van der Waals surface area contributed by atoms with Crippen molar-refractivity contribution in [1.82, 2.24) is 0 Å². The van der Waals surface area contributed by atoms with Crippen LogP contribution in [0.15, 0.2) is 78.9 Å². The smallest absolute Gasteiger partial charge is 0.160 e. The zero-order chi connectivity index (χ0) is 19.0. The summed E-state index contributed by atoms with van der Waals surface area (Å²) in [5.41, 5.74) is 8.02. The molecule has 0 atom stereocenters. The van der Waals surface area contributed by atoms with E-state index in [4.69, 9.17) is 0 Å². The molecule has 4 rings (SSSR count). The fourth-order valence-corrected chi connectivity index (χ4v) is 3.54. The highest BCUT2D eigenvalue weighted by Crippen LogP contribution is 2.30. The summed E-state index contributed by atoms with van der Waals surface area (Å²) in [4.78, 5) is 12.1. The van der Waals surface area contributed by atoms with Gasteiger partial charge < -0.3 is 0 Å². The molecule has 0 amide bonds. The average molecular weight is 350 g/mol. The molecule has 1 nitrogen and oxygen atoms in total. The second-order valence-electron chi connectivity index (χ2n) is 7.18. The van der Waals surface area contributed by atoms with Crippen LogP contribution in [0.4, 0.5) is 0 Å². The number of fused-ring (bicyclic) bond motifs is 1.